The van der Waals surface area contributed by atoms with E-state index in [-0.39, 0.29) is 22.7 Å². The van der Waals surface area contributed by atoms with Crippen molar-refractivity contribution in [2.24, 2.45) is 16.7 Å². The first kappa shape index (κ1) is 14.5. The molecular weight excluding hydrogens is 292 g/mol. The molecule has 0 N–H and O–H groups in total. The van der Waals surface area contributed by atoms with Crippen LogP contribution in [0.2, 0.25) is 0 Å². The summed E-state index contributed by atoms with van der Waals surface area (Å²) in [6.45, 7) is 11.2. The number of benzene rings is 2. The summed E-state index contributed by atoms with van der Waals surface area (Å²) in [4.78, 5) is 13.4. The van der Waals surface area contributed by atoms with E-state index in [0.717, 1.165) is 0 Å². The van der Waals surface area contributed by atoms with Gasteiger partial charge in [0.15, 0.2) is 0 Å². The predicted molar refractivity (Wildman–Crippen MR) is 98.2 cm³/mol. The Kier molecular flexibility index (Phi) is 2.42. The van der Waals surface area contributed by atoms with Crippen LogP contribution in [0, 0.1) is 16.7 Å². The second kappa shape index (κ2) is 4.02. The van der Waals surface area contributed by atoms with Gasteiger partial charge in [0, 0.05) is 23.2 Å². The van der Waals surface area contributed by atoms with E-state index in [1.807, 2.05) is 0 Å². The summed E-state index contributed by atoms with van der Waals surface area (Å²) in [5.41, 5.74) is 5.19. The second-order valence-electron chi connectivity index (χ2n) is 8.57. The van der Waals surface area contributed by atoms with Crippen LogP contribution in [0.1, 0.15) is 57.6 Å². The molecule has 1 heteroatoms. The van der Waals surface area contributed by atoms with Gasteiger partial charge in [-0.3, -0.25) is 4.79 Å². The SMILES string of the molecule is CC1=C(C)C2(C)C(C)C(=O)C1(C)C1c3cccc4cccc(c34)C12. The molecule has 2 bridgehead atoms. The molecule has 0 aromatic heterocycles. The highest BCUT2D eigenvalue weighted by molar-refractivity contribution is 6.00. The molecule has 0 amide bonds. The molecule has 0 radical (unpaired) electrons. The molecule has 2 aromatic rings. The zero-order valence-corrected chi connectivity index (χ0v) is 15.1. The van der Waals surface area contributed by atoms with Gasteiger partial charge >= 0.3 is 0 Å². The van der Waals surface area contributed by atoms with Gasteiger partial charge in [0.05, 0.1) is 5.41 Å². The lowest BCUT2D eigenvalue weighted by Gasteiger charge is -2.61. The largest absolute Gasteiger partial charge is 0.298 e. The van der Waals surface area contributed by atoms with Crippen molar-refractivity contribution in [3.8, 4) is 0 Å². The Labute approximate surface area is 143 Å². The Morgan fingerprint density at radius 1 is 0.875 bits per heavy atom. The van der Waals surface area contributed by atoms with Gasteiger partial charge in [-0.1, -0.05) is 61.4 Å². The average Bonchev–Trinajstić information content (AvgIpc) is 2.94. The van der Waals surface area contributed by atoms with E-state index in [1.54, 1.807) is 0 Å². The first-order chi connectivity index (χ1) is 11.3. The van der Waals surface area contributed by atoms with E-state index in [2.05, 4.69) is 71.0 Å². The fourth-order valence-corrected chi connectivity index (χ4v) is 6.51. The highest BCUT2D eigenvalue weighted by Crippen LogP contribution is 2.74. The fraction of sp³-hybridized carbons (Fsp3) is 0.435. The third-order valence-corrected chi connectivity index (χ3v) is 8.19. The van der Waals surface area contributed by atoms with Gasteiger partial charge in [-0.05, 0) is 42.7 Å². The fourth-order valence-electron chi connectivity index (χ4n) is 6.51. The lowest BCUT2D eigenvalue weighted by molar-refractivity contribution is -0.143. The maximum absolute atomic E-state index is 13.4. The lowest BCUT2D eigenvalue weighted by atomic mass is 9.40. The Balaban J connectivity index is 1.96. The topological polar surface area (TPSA) is 17.1 Å². The number of carbonyl (C=O) groups is 1. The molecule has 24 heavy (non-hydrogen) atoms. The number of carbonyl (C=O) groups excluding carboxylic acids is 1. The number of hydrogen-bond donors (Lipinski definition) is 0. The van der Waals surface area contributed by atoms with Gasteiger partial charge in [0.2, 0.25) is 0 Å². The highest BCUT2D eigenvalue weighted by Gasteiger charge is 2.68. The number of hydrogen-bond acceptors (Lipinski definition) is 1. The normalized spacial score (nSPS) is 39.7. The third kappa shape index (κ3) is 1.20. The molecule has 5 unspecified atom stereocenters. The lowest BCUT2D eigenvalue weighted by Crippen LogP contribution is -2.59. The first-order valence-corrected chi connectivity index (χ1v) is 9.08. The summed E-state index contributed by atoms with van der Waals surface area (Å²) in [5, 5.41) is 2.73. The van der Waals surface area contributed by atoms with Crippen LogP contribution in [-0.2, 0) is 4.79 Å². The second-order valence-corrected chi connectivity index (χ2v) is 8.57. The highest BCUT2D eigenvalue weighted by atomic mass is 16.1. The molecule has 0 heterocycles. The molecular formula is C23H24O. The van der Waals surface area contributed by atoms with Crippen LogP contribution in [0.5, 0.6) is 0 Å². The molecule has 1 fully saturated rings. The summed E-state index contributed by atoms with van der Waals surface area (Å²) < 4.78 is 0. The van der Waals surface area contributed by atoms with Crippen LogP contribution in [0.25, 0.3) is 10.8 Å². The first-order valence-electron chi connectivity index (χ1n) is 9.08. The zero-order valence-electron chi connectivity index (χ0n) is 15.1. The number of rotatable bonds is 0. The average molecular weight is 316 g/mol. The standard InChI is InChI=1S/C23H24O/c1-12-13(2)23(5)20-17-11-7-9-15-8-6-10-16(18(15)17)19(20)22(12,4)14(3)21(23)24/h6-11,14,19-20H,1-5H3. The maximum atomic E-state index is 13.4. The quantitative estimate of drug-likeness (QED) is 0.578. The smallest absolute Gasteiger partial charge is 0.147 e. The summed E-state index contributed by atoms with van der Waals surface area (Å²) in [6.07, 6.45) is 0. The molecule has 6 rings (SSSR count). The predicted octanol–water partition coefficient (Wildman–Crippen LogP) is 5.60. The Morgan fingerprint density at radius 3 is 2.08 bits per heavy atom. The van der Waals surface area contributed by atoms with Crippen LogP contribution in [0.3, 0.4) is 0 Å². The van der Waals surface area contributed by atoms with E-state index >= 15 is 0 Å². The number of ketones is 1. The van der Waals surface area contributed by atoms with E-state index < -0.39 is 0 Å². The van der Waals surface area contributed by atoms with Crippen molar-refractivity contribution in [2.75, 3.05) is 0 Å². The molecule has 1 nitrogen and oxygen atoms in total. The van der Waals surface area contributed by atoms with Gasteiger partial charge < -0.3 is 0 Å². The van der Waals surface area contributed by atoms with Crippen molar-refractivity contribution in [2.45, 2.75) is 46.5 Å². The molecule has 0 saturated heterocycles. The minimum absolute atomic E-state index is 0.0725. The van der Waals surface area contributed by atoms with Crippen LogP contribution >= 0.6 is 0 Å². The monoisotopic (exact) mass is 316 g/mol. The van der Waals surface area contributed by atoms with E-state index in [1.165, 1.54) is 33.0 Å². The molecule has 1 saturated carbocycles. The van der Waals surface area contributed by atoms with E-state index in [9.17, 15) is 4.79 Å². The Morgan fingerprint density at radius 2 is 1.46 bits per heavy atom. The molecule has 5 atom stereocenters. The van der Waals surface area contributed by atoms with Crippen molar-refractivity contribution in [1.29, 1.82) is 0 Å². The molecule has 122 valence electrons. The minimum Gasteiger partial charge on any atom is -0.298 e. The number of Topliss-reactive ketones (excluding diaryl/α,β-unsaturated/α-hetero) is 1. The summed E-state index contributed by atoms with van der Waals surface area (Å²) in [7, 11) is 0. The van der Waals surface area contributed by atoms with Crippen molar-refractivity contribution < 1.29 is 4.79 Å². The molecule has 4 aliphatic carbocycles. The van der Waals surface area contributed by atoms with E-state index in [0.29, 0.717) is 11.7 Å². The van der Waals surface area contributed by atoms with Crippen LogP contribution in [-0.4, -0.2) is 5.78 Å². The van der Waals surface area contributed by atoms with Crippen molar-refractivity contribution in [1.82, 2.24) is 0 Å². The number of fused-ring (bicyclic) bond motifs is 1. The molecule has 0 spiro atoms. The minimum atomic E-state index is -0.362. The van der Waals surface area contributed by atoms with Gasteiger partial charge in [-0.2, -0.15) is 0 Å². The molecule has 4 aliphatic rings. The van der Waals surface area contributed by atoms with Gasteiger partial charge in [-0.15, -0.1) is 0 Å². The van der Waals surface area contributed by atoms with Crippen molar-refractivity contribution >= 4 is 16.6 Å². The van der Waals surface area contributed by atoms with Crippen LogP contribution in [0.4, 0.5) is 0 Å². The zero-order chi connectivity index (χ0) is 17.0. The maximum Gasteiger partial charge on any atom is 0.147 e. The summed E-state index contributed by atoms with van der Waals surface area (Å²) in [5.74, 6) is 1.23. The van der Waals surface area contributed by atoms with Crippen molar-refractivity contribution in [3.05, 3.63) is 58.7 Å². The molecule has 2 aromatic carbocycles. The Hall–Kier alpha value is -1.89. The van der Waals surface area contributed by atoms with Gasteiger partial charge in [0.1, 0.15) is 5.78 Å². The summed E-state index contributed by atoms with van der Waals surface area (Å²) >= 11 is 0. The third-order valence-electron chi connectivity index (χ3n) is 8.19. The van der Waals surface area contributed by atoms with Crippen molar-refractivity contribution in [3.63, 3.8) is 0 Å². The molecule has 0 aliphatic heterocycles. The van der Waals surface area contributed by atoms with E-state index in [4.69, 9.17) is 0 Å². The van der Waals surface area contributed by atoms with Gasteiger partial charge in [-0.25, -0.2) is 0 Å². The Bertz CT molecular complexity index is 960. The summed E-state index contributed by atoms with van der Waals surface area (Å²) in [6, 6.07) is 13.4. The van der Waals surface area contributed by atoms with Crippen LogP contribution in [0.15, 0.2) is 47.5 Å². The van der Waals surface area contributed by atoms with Crippen LogP contribution < -0.4 is 0 Å². The van der Waals surface area contributed by atoms with Gasteiger partial charge in [0.25, 0.3) is 0 Å². The number of allylic oxidation sites excluding steroid dienone is 2.